The first-order chi connectivity index (χ1) is 10.9. The molecule has 0 saturated carbocycles. The summed E-state index contributed by atoms with van der Waals surface area (Å²) >= 11 is 1.52. The molecule has 1 heterocycles. The highest BCUT2D eigenvalue weighted by molar-refractivity contribution is 7.11. The molecule has 2 aromatic rings. The number of halogens is 2. The van der Waals surface area contributed by atoms with Gasteiger partial charge in [-0.15, -0.1) is 11.3 Å². The molecular weight excluding hydrogens is 324 g/mol. The first-order valence-electron chi connectivity index (χ1n) is 6.94. The minimum absolute atomic E-state index is 0.0842. The molecule has 2 rings (SSSR count). The lowest BCUT2D eigenvalue weighted by Crippen LogP contribution is -2.36. The standard InChI is InChI=1S/C15H17F2N3O2S/c1-9(11-3-5-12(6-4-11)22-14(16)17)20-15(21)19-8-13-7-18-10(2)23-13/h3-7,9,14H,8H2,1-2H3,(H2,19,20,21). The van der Waals surface area contributed by atoms with Crippen molar-refractivity contribution in [3.05, 3.63) is 45.9 Å². The molecule has 0 bridgehead atoms. The first-order valence-corrected chi connectivity index (χ1v) is 7.76. The number of thiazole rings is 1. The Morgan fingerprint density at radius 2 is 2.04 bits per heavy atom. The summed E-state index contributed by atoms with van der Waals surface area (Å²) in [6.45, 7) is 1.26. The van der Waals surface area contributed by atoms with Gasteiger partial charge in [-0.3, -0.25) is 0 Å². The number of aryl methyl sites for hydroxylation is 1. The summed E-state index contributed by atoms with van der Waals surface area (Å²) in [5.74, 6) is 0.0842. The predicted molar refractivity (Wildman–Crippen MR) is 83.7 cm³/mol. The fraction of sp³-hybridized carbons (Fsp3) is 0.333. The lowest BCUT2D eigenvalue weighted by atomic mass is 10.1. The largest absolute Gasteiger partial charge is 0.435 e. The van der Waals surface area contributed by atoms with Crippen molar-refractivity contribution >= 4 is 17.4 Å². The number of nitrogens with one attached hydrogen (secondary N) is 2. The monoisotopic (exact) mass is 341 g/mol. The lowest BCUT2D eigenvalue weighted by Gasteiger charge is -2.15. The van der Waals surface area contributed by atoms with Crippen LogP contribution in [0.15, 0.2) is 30.5 Å². The Bertz CT molecular complexity index is 646. The fourth-order valence-electron chi connectivity index (χ4n) is 1.92. The molecule has 8 heteroatoms. The van der Waals surface area contributed by atoms with Crippen LogP contribution < -0.4 is 15.4 Å². The molecule has 0 aliphatic carbocycles. The lowest BCUT2D eigenvalue weighted by molar-refractivity contribution is -0.0498. The highest BCUT2D eigenvalue weighted by Gasteiger charge is 2.11. The Kier molecular flexibility index (Phi) is 5.86. The van der Waals surface area contributed by atoms with E-state index in [4.69, 9.17) is 0 Å². The van der Waals surface area contributed by atoms with Crippen molar-refractivity contribution in [3.63, 3.8) is 0 Å². The summed E-state index contributed by atoms with van der Waals surface area (Å²) < 4.78 is 28.5. The van der Waals surface area contributed by atoms with Crippen molar-refractivity contribution in [1.82, 2.24) is 15.6 Å². The number of alkyl halides is 2. The van der Waals surface area contributed by atoms with Crippen LogP contribution in [0.1, 0.15) is 28.4 Å². The van der Waals surface area contributed by atoms with E-state index in [1.54, 1.807) is 25.3 Å². The first kappa shape index (κ1) is 17.1. The second-order valence-electron chi connectivity index (χ2n) is 4.84. The second kappa shape index (κ2) is 7.87. The highest BCUT2D eigenvalue weighted by atomic mass is 32.1. The molecule has 0 radical (unpaired) electrons. The van der Waals surface area contributed by atoms with Gasteiger partial charge in [0.25, 0.3) is 0 Å². The summed E-state index contributed by atoms with van der Waals surface area (Å²) in [5, 5.41) is 6.47. The number of nitrogens with zero attached hydrogens (tertiary/aromatic N) is 1. The molecule has 1 atom stereocenters. The van der Waals surface area contributed by atoms with Crippen molar-refractivity contribution in [1.29, 1.82) is 0 Å². The molecule has 0 fully saturated rings. The third kappa shape index (κ3) is 5.48. The summed E-state index contributed by atoms with van der Waals surface area (Å²) in [6, 6.07) is 5.58. The van der Waals surface area contributed by atoms with Crippen molar-refractivity contribution < 1.29 is 18.3 Å². The zero-order valence-electron chi connectivity index (χ0n) is 12.7. The number of rotatable bonds is 6. The van der Waals surface area contributed by atoms with Crippen LogP contribution in [0.25, 0.3) is 0 Å². The number of ether oxygens (including phenoxy) is 1. The molecule has 124 valence electrons. The quantitative estimate of drug-likeness (QED) is 0.844. The van der Waals surface area contributed by atoms with Gasteiger partial charge in [-0.05, 0) is 31.5 Å². The van der Waals surface area contributed by atoms with Crippen molar-refractivity contribution in [2.24, 2.45) is 0 Å². The topological polar surface area (TPSA) is 63.2 Å². The third-order valence-corrected chi connectivity index (χ3v) is 3.96. The second-order valence-corrected chi connectivity index (χ2v) is 6.16. The normalized spacial score (nSPS) is 12.0. The molecule has 1 aromatic carbocycles. The maximum Gasteiger partial charge on any atom is 0.387 e. The minimum atomic E-state index is -2.85. The fourth-order valence-corrected chi connectivity index (χ4v) is 2.66. The summed E-state index contributed by atoms with van der Waals surface area (Å²) in [4.78, 5) is 16.9. The van der Waals surface area contributed by atoms with Crippen LogP contribution in [0.3, 0.4) is 0 Å². The molecule has 0 aliphatic heterocycles. The Hall–Kier alpha value is -2.22. The third-order valence-electron chi connectivity index (χ3n) is 3.05. The van der Waals surface area contributed by atoms with E-state index in [9.17, 15) is 13.6 Å². The van der Waals surface area contributed by atoms with Crippen LogP contribution in [0.2, 0.25) is 0 Å². The van der Waals surface area contributed by atoms with E-state index in [0.717, 1.165) is 15.4 Å². The van der Waals surface area contributed by atoms with Crippen LogP contribution in [0.4, 0.5) is 13.6 Å². The average Bonchev–Trinajstić information content (AvgIpc) is 2.91. The number of benzene rings is 1. The molecule has 0 saturated heterocycles. The van der Waals surface area contributed by atoms with E-state index < -0.39 is 6.61 Å². The maximum atomic E-state index is 12.1. The van der Waals surface area contributed by atoms with Crippen LogP contribution >= 0.6 is 11.3 Å². The summed E-state index contributed by atoms with van der Waals surface area (Å²) in [6.07, 6.45) is 1.73. The van der Waals surface area contributed by atoms with Gasteiger partial charge in [0, 0.05) is 11.1 Å². The van der Waals surface area contributed by atoms with Gasteiger partial charge in [0.15, 0.2) is 0 Å². The Balaban J connectivity index is 1.83. The predicted octanol–water partition coefficient (Wildman–Crippen LogP) is 3.61. The van der Waals surface area contributed by atoms with Gasteiger partial charge in [0.1, 0.15) is 5.75 Å². The summed E-state index contributed by atoms with van der Waals surface area (Å²) in [5.41, 5.74) is 0.787. The highest BCUT2D eigenvalue weighted by Crippen LogP contribution is 2.19. The van der Waals surface area contributed by atoms with E-state index >= 15 is 0 Å². The van der Waals surface area contributed by atoms with Gasteiger partial charge < -0.3 is 15.4 Å². The molecule has 23 heavy (non-hydrogen) atoms. The Morgan fingerprint density at radius 3 is 2.61 bits per heavy atom. The van der Waals surface area contributed by atoms with Gasteiger partial charge in [-0.1, -0.05) is 12.1 Å². The SMILES string of the molecule is Cc1ncc(CNC(=O)NC(C)c2ccc(OC(F)F)cc2)s1. The van der Waals surface area contributed by atoms with Crippen LogP contribution in [0.5, 0.6) is 5.75 Å². The number of carbonyl (C=O) groups excluding carboxylic acids is 1. The zero-order chi connectivity index (χ0) is 16.8. The number of hydrogen-bond donors (Lipinski definition) is 2. The molecule has 1 aromatic heterocycles. The smallest absolute Gasteiger partial charge is 0.387 e. The van der Waals surface area contributed by atoms with E-state index in [2.05, 4.69) is 20.4 Å². The van der Waals surface area contributed by atoms with E-state index in [1.165, 1.54) is 23.5 Å². The zero-order valence-corrected chi connectivity index (χ0v) is 13.5. The van der Waals surface area contributed by atoms with E-state index in [0.29, 0.717) is 6.54 Å². The Morgan fingerprint density at radius 1 is 1.35 bits per heavy atom. The summed E-state index contributed by atoms with van der Waals surface area (Å²) in [7, 11) is 0. The van der Waals surface area contributed by atoms with Gasteiger partial charge >= 0.3 is 12.6 Å². The van der Waals surface area contributed by atoms with E-state index in [-0.39, 0.29) is 17.8 Å². The Labute approximate surface area is 136 Å². The molecule has 2 N–H and O–H groups in total. The maximum absolute atomic E-state index is 12.1. The molecule has 5 nitrogen and oxygen atoms in total. The van der Waals surface area contributed by atoms with Crippen LogP contribution in [0, 0.1) is 6.92 Å². The van der Waals surface area contributed by atoms with Gasteiger partial charge in [-0.25, -0.2) is 9.78 Å². The number of urea groups is 1. The van der Waals surface area contributed by atoms with Crippen molar-refractivity contribution in [2.75, 3.05) is 0 Å². The molecule has 1 unspecified atom stereocenters. The molecular formula is C15H17F2N3O2S. The number of aromatic nitrogens is 1. The number of amides is 2. The van der Waals surface area contributed by atoms with Crippen LogP contribution in [-0.2, 0) is 6.54 Å². The molecule has 0 spiro atoms. The number of hydrogen-bond acceptors (Lipinski definition) is 4. The van der Waals surface area contributed by atoms with Gasteiger partial charge in [-0.2, -0.15) is 8.78 Å². The van der Waals surface area contributed by atoms with Crippen molar-refractivity contribution in [3.8, 4) is 5.75 Å². The average molecular weight is 341 g/mol. The van der Waals surface area contributed by atoms with Gasteiger partial charge in [0.05, 0.1) is 17.6 Å². The van der Waals surface area contributed by atoms with Crippen molar-refractivity contribution in [2.45, 2.75) is 33.0 Å². The van der Waals surface area contributed by atoms with E-state index in [1.807, 2.05) is 6.92 Å². The number of carbonyl (C=O) groups is 1. The minimum Gasteiger partial charge on any atom is -0.435 e. The van der Waals surface area contributed by atoms with Crippen LogP contribution in [-0.4, -0.2) is 17.6 Å². The molecule has 2 amide bonds. The van der Waals surface area contributed by atoms with Gasteiger partial charge in [0.2, 0.25) is 0 Å². The molecule has 0 aliphatic rings.